The quantitative estimate of drug-likeness (QED) is 0.882. The molecule has 2 aromatic rings. The van der Waals surface area contributed by atoms with E-state index in [0.29, 0.717) is 6.54 Å². The maximum atomic E-state index is 12.0. The molecule has 1 aromatic heterocycles. The Kier molecular flexibility index (Phi) is 4.65. The van der Waals surface area contributed by atoms with Crippen LogP contribution in [0.2, 0.25) is 0 Å². The van der Waals surface area contributed by atoms with E-state index in [4.69, 9.17) is 0 Å². The second kappa shape index (κ2) is 6.45. The van der Waals surface area contributed by atoms with Gasteiger partial charge >= 0.3 is 0 Å². The number of carbonyl (C=O) groups excluding carboxylic acids is 1. The summed E-state index contributed by atoms with van der Waals surface area (Å²) >= 11 is 1.44. The Morgan fingerprint density at radius 3 is 2.79 bits per heavy atom. The van der Waals surface area contributed by atoms with Crippen molar-refractivity contribution in [3.8, 4) is 11.3 Å². The van der Waals surface area contributed by atoms with Crippen LogP contribution in [0.3, 0.4) is 0 Å². The van der Waals surface area contributed by atoms with Crippen molar-refractivity contribution in [2.24, 2.45) is 5.92 Å². The normalized spacial score (nSPS) is 12.1. The molecule has 0 aliphatic rings. The zero-order chi connectivity index (χ0) is 13.7. The average molecular weight is 275 g/mol. The number of hydrogen-bond acceptors (Lipinski definition) is 4. The van der Waals surface area contributed by atoms with Gasteiger partial charge in [0.2, 0.25) is 5.91 Å². The SMILES string of the molecule is CNCC(C)C(=O)Nc1scnc1-c1ccccc1. The molecular weight excluding hydrogens is 258 g/mol. The molecule has 2 rings (SSSR count). The van der Waals surface area contributed by atoms with E-state index in [1.165, 1.54) is 11.3 Å². The van der Waals surface area contributed by atoms with E-state index in [0.717, 1.165) is 16.3 Å². The van der Waals surface area contributed by atoms with E-state index in [1.807, 2.05) is 44.3 Å². The Labute approximate surface area is 116 Å². The van der Waals surface area contributed by atoms with Crippen molar-refractivity contribution in [1.29, 1.82) is 0 Å². The van der Waals surface area contributed by atoms with Crippen LogP contribution in [0.25, 0.3) is 11.3 Å². The zero-order valence-electron chi connectivity index (χ0n) is 11.0. The third-order valence-corrected chi connectivity index (χ3v) is 3.55. The lowest BCUT2D eigenvalue weighted by Gasteiger charge is -2.11. The molecule has 0 bridgehead atoms. The maximum absolute atomic E-state index is 12.0. The molecule has 0 aliphatic carbocycles. The lowest BCUT2D eigenvalue weighted by Crippen LogP contribution is -2.28. The number of hydrogen-bond donors (Lipinski definition) is 2. The van der Waals surface area contributed by atoms with Crippen LogP contribution in [0.1, 0.15) is 6.92 Å². The van der Waals surface area contributed by atoms with E-state index < -0.39 is 0 Å². The molecule has 100 valence electrons. The Morgan fingerprint density at radius 2 is 2.11 bits per heavy atom. The molecule has 0 saturated heterocycles. The fourth-order valence-corrected chi connectivity index (χ4v) is 2.48. The van der Waals surface area contributed by atoms with Crippen molar-refractivity contribution in [3.63, 3.8) is 0 Å². The Bertz CT molecular complexity index is 539. The fourth-order valence-electron chi connectivity index (χ4n) is 1.77. The first-order valence-electron chi connectivity index (χ1n) is 6.16. The molecule has 1 heterocycles. The van der Waals surface area contributed by atoms with E-state index in [-0.39, 0.29) is 11.8 Å². The second-order valence-electron chi connectivity index (χ2n) is 4.34. The number of nitrogens with one attached hydrogen (secondary N) is 2. The summed E-state index contributed by atoms with van der Waals surface area (Å²) in [6.45, 7) is 2.56. The number of aromatic nitrogens is 1. The van der Waals surface area contributed by atoms with Crippen LogP contribution in [0, 0.1) is 5.92 Å². The summed E-state index contributed by atoms with van der Waals surface area (Å²) in [4.78, 5) is 16.3. The van der Waals surface area contributed by atoms with Gasteiger partial charge in [0, 0.05) is 18.0 Å². The van der Waals surface area contributed by atoms with Gasteiger partial charge in [-0.25, -0.2) is 4.98 Å². The van der Waals surface area contributed by atoms with Crippen molar-refractivity contribution >= 4 is 22.2 Å². The van der Waals surface area contributed by atoms with Crippen LogP contribution in [0.15, 0.2) is 35.8 Å². The van der Waals surface area contributed by atoms with Crippen molar-refractivity contribution in [1.82, 2.24) is 10.3 Å². The first-order valence-corrected chi connectivity index (χ1v) is 7.04. The summed E-state index contributed by atoms with van der Waals surface area (Å²) < 4.78 is 0. The van der Waals surface area contributed by atoms with Crippen molar-refractivity contribution in [2.45, 2.75) is 6.92 Å². The van der Waals surface area contributed by atoms with Crippen LogP contribution in [0.5, 0.6) is 0 Å². The number of amides is 1. The first-order chi connectivity index (χ1) is 9.22. The molecule has 1 aromatic carbocycles. The van der Waals surface area contributed by atoms with Gasteiger partial charge in [-0.1, -0.05) is 37.3 Å². The molecule has 0 radical (unpaired) electrons. The highest BCUT2D eigenvalue weighted by Crippen LogP contribution is 2.30. The number of nitrogens with zero attached hydrogens (tertiary/aromatic N) is 1. The molecule has 2 N–H and O–H groups in total. The molecule has 0 aliphatic heterocycles. The third-order valence-electron chi connectivity index (χ3n) is 2.81. The summed E-state index contributed by atoms with van der Waals surface area (Å²) in [7, 11) is 1.84. The summed E-state index contributed by atoms with van der Waals surface area (Å²) in [6.07, 6.45) is 0. The highest BCUT2D eigenvalue weighted by molar-refractivity contribution is 7.14. The Morgan fingerprint density at radius 1 is 1.37 bits per heavy atom. The minimum absolute atomic E-state index is 0.00998. The molecule has 0 saturated carbocycles. The van der Waals surface area contributed by atoms with Gasteiger partial charge in [0.25, 0.3) is 0 Å². The van der Waals surface area contributed by atoms with Gasteiger partial charge in [0.15, 0.2) is 0 Å². The minimum atomic E-state index is -0.0734. The summed E-state index contributed by atoms with van der Waals surface area (Å²) in [6, 6.07) is 9.86. The topological polar surface area (TPSA) is 54.0 Å². The predicted molar refractivity (Wildman–Crippen MR) is 79.3 cm³/mol. The molecule has 19 heavy (non-hydrogen) atoms. The van der Waals surface area contributed by atoms with Gasteiger partial charge in [0.1, 0.15) is 10.7 Å². The summed E-state index contributed by atoms with van der Waals surface area (Å²) in [5, 5.41) is 6.76. The van der Waals surface area contributed by atoms with Gasteiger partial charge in [-0.15, -0.1) is 11.3 Å². The first kappa shape index (κ1) is 13.7. The fraction of sp³-hybridized carbons (Fsp3) is 0.286. The van der Waals surface area contributed by atoms with E-state index in [1.54, 1.807) is 5.51 Å². The van der Waals surface area contributed by atoms with Crippen LogP contribution in [-0.2, 0) is 4.79 Å². The van der Waals surface area contributed by atoms with Crippen LogP contribution in [-0.4, -0.2) is 24.5 Å². The van der Waals surface area contributed by atoms with Gasteiger partial charge in [-0.2, -0.15) is 0 Å². The second-order valence-corrected chi connectivity index (χ2v) is 5.20. The molecule has 1 amide bonds. The van der Waals surface area contributed by atoms with Crippen LogP contribution < -0.4 is 10.6 Å². The lowest BCUT2D eigenvalue weighted by molar-refractivity contribution is -0.119. The monoisotopic (exact) mass is 275 g/mol. The smallest absolute Gasteiger partial charge is 0.229 e. The van der Waals surface area contributed by atoms with Gasteiger partial charge in [-0.3, -0.25) is 4.79 Å². The largest absolute Gasteiger partial charge is 0.319 e. The third kappa shape index (κ3) is 3.39. The Hall–Kier alpha value is -1.72. The molecule has 5 heteroatoms. The van der Waals surface area contributed by atoms with Gasteiger partial charge in [0.05, 0.1) is 5.51 Å². The van der Waals surface area contributed by atoms with Crippen molar-refractivity contribution < 1.29 is 4.79 Å². The van der Waals surface area contributed by atoms with Crippen molar-refractivity contribution in [3.05, 3.63) is 35.8 Å². The van der Waals surface area contributed by atoms with Gasteiger partial charge < -0.3 is 10.6 Å². The number of rotatable bonds is 5. The lowest BCUT2D eigenvalue weighted by atomic mass is 10.1. The predicted octanol–water partition coefficient (Wildman–Crippen LogP) is 2.60. The van der Waals surface area contributed by atoms with Crippen molar-refractivity contribution in [2.75, 3.05) is 18.9 Å². The molecular formula is C14H17N3OS. The van der Waals surface area contributed by atoms with E-state index in [2.05, 4.69) is 15.6 Å². The summed E-state index contributed by atoms with van der Waals surface area (Å²) in [5.74, 6) is -0.0634. The molecule has 4 nitrogen and oxygen atoms in total. The van der Waals surface area contributed by atoms with Crippen LogP contribution >= 0.6 is 11.3 Å². The highest BCUT2D eigenvalue weighted by Gasteiger charge is 2.16. The number of carbonyl (C=O) groups is 1. The number of anilines is 1. The zero-order valence-corrected chi connectivity index (χ0v) is 11.8. The number of thiazole rings is 1. The molecule has 1 unspecified atom stereocenters. The molecule has 1 atom stereocenters. The standard InChI is InChI=1S/C14H17N3OS/c1-10(8-15-2)13(18)17-14-12(16-9-19-14)11-6-4-3-5-7-11/h3-7,9-10,15H,8H2,1-2H3,(H,17,18). The molecule has 0 spiro atoms. The minimum Gasteiger partial charge on any atom is -0.319 e. The van der Waals surface area contributed by atoms with E-state index >= 15 is 0 Å². The summed E-state index contributed by atoms with van der Waals surface area (Å²) in [5.41, 5.74) is 3.59. The molecule has 0 fully saturated rings. The Balaban J connectivity index is 2.15. The van der Waals surface area contributed by atoms with Crippen LogP contribution in [0.4, 0.5) is 5.00 Å². The van der Waals surface area contributed by atoms with E-state index in [9.17, 15) is 4.79 Å². The maximum Gasteiger partial charge on any atom is 0.229 e. The highest BCUT2D eigenvalue weighted by atomic mass is 32.1. The average Bonchev–Trinajstić information content (AvgIpc) is 2.88. The van der Waals surface area contributed by atoms with Gasteiger partial charge in [-0.05, 0) is 7.05 Å². The number of benzene rings is 1.